The molecule has 0 bridgehead atoms. The highest BCUT2D eigenvalue weighted by Crippen LogP contribution is 2.59. The minimum absolute atomic E-state index is 0.0505. The Labute approximate surface area is 194 Å². The van der Waals surface area contributed by atoms with Crippen LogP contribution in [0.4, 0.5) is 4.39 Å². The van der Waals surface area contributed by atoms with Crippen LogP contribution in [-0.4, -0.2) is 33.8 Å². The molecule has 6 unspecified atom stereocenters. The average Bonchev–Trinajstić information content (AvgIpc) is 3.12. The van der Waals surface area contributed by atoms with Crippen LogP contribution in [0.3, 0.4) is 0 Å². The molecule has 0 aliphatic heterocycles. The second-order valence-electron chi connectivity index (χ2n) is 10.9. The maximum absolute atomic E-state index is 14.0. The van der Waals surface area contributed by atoms with Gasteiger partial charge in [-0.2, -0.15) is 0 Å². The number of alkyl halides is 1. The SMILES string of the molecule is CCC(O)(/C=C/CC(C)C1CCC2/C(=C\C=C3/CC(O)CC(F)C3=N)CCCC21C)CC. The molecule has 6 atom stereocenters. The maximum atomic E-state index is 14.0. The van der Waals surface area contributed by atoms with Crippen molar-refractivity contribution in [1.29, 1.82) is 5.41 Å². The maximum Gasteiger partial charge on any atom is 0.144 e. The van der Waals surface area contributed by atoms with Crippen molar-refractivity contribution in [1.82, 2.24) is 0 Å². The summed E-state index contributed by atoms with van der Waals surface area (Å²) < 4.78 is 14.0. The average molecular weight is 446 g/mol. The Bertz CT molecular complexity index is 765. The fourth-order valence-electron chi connectivity index (χ4n) is 6.74. The number of fused-ring (bicyclic) bond motifs is 1. The Morgan fingerprint density at radius 1 is 1.25 bits per heavy atom. The van der Waals surface area contributed by atoms with Crippen LogP contribution in [0.15, 0.2) is 35.5 Å². The minimum Gasteiger partial charge on any atom is -0.393 e. The van der Waals surface area contributed by atoms with Gasteiger partial charge >= 0.3 is 0 Å². The van der Waals surface area contributed by atoms with E-state index in [0.29, 0.717) is 29.7 Å². The van der Waals surface area contributed by atoms with Gasteiger partial charge in [0.2, 0.25) is 0 Å². The van der Waals surface area contributed by atoms with E-state index in [4.69, 9.17) is 5.41 Å². The summed E-state index contributed by atoms with van der Waals surface area (Å²) in [6.45, 7) is 8.91. The highest BCUT2D eigenvalue weighted by molar-refractivity contribution is 6.02. The molecule has 0 aromatic carbocycles. The summed E-state index contributed by atoms with van der Waals surface area (Å²) in [5, 5.41) is 28.5. The van der Waals surface area contributed by atoms with E-state index in [1.807, 2.05) is 26.0 Å². The predicted molar refractivity (Wildman–Crippen MR) is 131 cm³/mol. The van der Waals surface area contributed by atoms with Crippen LogP contribution in [0, 0.1) is 28.6 Å². The van der Waals surface area contributed by atoms with Gasteiger partial charge in [-0.25, -0.2) is 4.39 Å². The molecule has 3 aliphatic rings. The molecular formula is C28H44FNO2. The lowest BCUT2D eigenvalue weighted by Crippen LogP contribution is -2.36. The Morgan fingerprint density at radius 2 is 1.97 bits per heavy atom. The summed E-state index contributed by atoms with van der Waals surface area (Å²) in [7, 11) is 0. The number of allylic oxidation sites excluding steroid dienone is 4. The van der Waals surface area contributed by atoms with Crippen molar-refractivity contribution in [2.75, 3.05) is 0 Å². The molecule has 3 saturated carbocycles. The molecule has 0 saturated heterocycles. The van der Waals surface area contributed by atoms with E-state index in [1.165, 1.54) is 31.3 Å². The highest BCUT2D eigenvalue weighted by Gasteiger charge is 2.50. The van der Waals surface area contributed by atoms with Crippen LogP contribution in [0.2, 0.25) is 0 Å². The molecule has 4 heteroatoms. The molecule has 0 aromatic heterocycles. The third-order valence-electron chi connectivity index (χ3n) is 8.98. The van der Waals surface area contributed by atoms with Gasteiger partial charge < -0.3 is 15.6 Å². The number of aliphatic hydroxyl groups excluding tert-OH is 1. The van der Waals surface area contributed by atoms with E-state index in [-0.39, 0.29) is 17.5 Å². The largest absolute Gasteiger partial charge is 0.393 e. The Hall–Kier alpha value is -1.26. The number of nitrogens with one attached hydrogen (secondary N) is 1. The number of halogens is 1. The molecule has 3 rings (SSSR count). The van der Waals surface area contributed by atoms with E-state index in [1.54, 1.807) is 0 Å². The molecule has 3 fully saturated rings. The molecule has 32 heavy (non-hydrogen) atoms. The van der Waals surface area contributed by atoms with Crippen molar-refractivity contribution in [3.05, 3.63) is 35.5 Å². The summed E-state index contributed by atoms with van der Waals surface area (Å²) in [4.78, 5) is 0. The van der Waals surface area contributed by atoms with Crippen LogP contribution in [0.1, 0.15) is 91.9 Å². The van der Waals surface area contributed by atoms with E-state index in [0.717, 1.165) is 25.7 Å². The number of rotatable bonds is 7. The van der Waals surface area contributed by atoms with Gasteiger partial charge in [-0.3, -0.25) is 0 Å². The van der Waals surface area contributed by atoms with Crippen LogP contribution >= 0.6 is 0 Å². The van der Waals surface area contributed by atoms with E-state index in [9.17, 15) is 14.6 Å². The first-order valence-electron chi connectivity index (χ1n) is 12.8. The minimum atomic E-state index is -1.34. The van der Waals surface area contributed by atoms with Gasteiger partial charge in [0.15, 0.2) is 0 Å². The summed E-state index contributed by atoms with van der Waals surface area (Å²) >= 11 is 0. The van der Waals surface area contributed by atoms with Crippen molar-refractivity contribution in [2.45, 2.75) is 110 Å². The molecule has 0 amide bonds. The lowest BCUT2D eigenvalue weighted by molar-refractivity contribution is 0.0813. The van der Waals surface area contributed by atoms with Crippen LogP contribution < -0.4 is 0 Å². The first-order valence-corrected chi connectivity index (χ1v) is 12.8. The Morgan fingerprint density at radius 3 is 2.66 bits per heavy atom. The van der Waals surface area contributed by atoms with Crippen molar-refractivity contribution in [2.24, 2.45) is 23.2 Å². The van der Waals surface area contributed by atoms with Crippen LogP contribution in [-0.2, 0) is 0 Å². The third kappa shape index (κ3) is 5.28. The van der Waals surface area contributed by atoms with Gasteiger partial charge in [-0.15, -0.1) is 0 Å². The summed E-state index contributed by atoms with van der Waals surface area (Å²) in [6, 6.07) is 0. The summed E-state index contributed by atoms with van der Waals surface area (Å²) in [6.07, 6.45) is 15.2. The van der Waals surface area contributed by atoms with Gasteiger partial charge in [0.05, 0.1) is 17.4 Å². The molecule has 180 valence electrons. The fraction of sp³-hybridized carbons (Fsp3) is 0.750. The predicted octanol–water partition coefficient (Wildman–Crippen LogP) is 6.70. The van der Waals surface area contributed by atoms with Crippen molar-refractivity contribution >= 4 is 5.71 Å². The number of hydrogen-bond donors (Lipinski definition) is 3. The topological polar surface area (TPSA) is 64.3 Å². The van der Waals surface area contributed by atoms with Gasteiger partial charge in [0.1, 0.15) is 6.17 Å². The lowest BCUT2D eigenvalue weighted by Gasteiger charge is -2.44. The van der Waals surface area contributed by atoms with Crippen molar-refractivity contribution in [3.8, 4) is 0 Å². The zero-order valence-electron chi connectivity index (χ0n) is 20.5. The fourth-order valence-corrected chi connectivity index (χ4v) is 6.74. The highest BCUT2D eigenvalue weighted by atomic mass is 19.1. The van der Waals surface area contributed by atoms with Gasteiger partial charge in [-0.05, 0) is 80.1 Å². The number of hydrogen-bond acceptors (Lipinski definition) is 3. The van der Waals surface area contributed by atoms with E-state index < -0.39 is 17.9 Å². The number of aliphatic hydroxyl groups is 2. The van der Waals surface area contributed by atoms with Crippen molar-refractivity contribution < 1.29 is 14.6 Å². The first kappa shape index (κ1) is 25.4. The van der Waals surface area contributed by atoms with Gasteiger partial charge in [0, 0.05) is 12.8 Å². The van der Waals surface area contributed by atoms with E-state index >= 15 is 0 Å². The molecule has 0 heterocycles. The summed E-state index contributed by atoms with van der Waals surface area (Å²) in [5.41, 5.74) is 1.77. The quantitative estimate of drug-likeness (QED) is 0.382. The second kappa shape index (κ2) is 10.3. The molecule has 0 spiro atoms. The molecule has 3 nitrogen and oxygen atoms in total. The first-order chi connectivity index (χ1) is 15.1. The molecule has 0 aromatic rings. The zero-order valence-corrected chi connectivity index (χ0v) is 20.5. The van der Waals surface area contributed by atoms with Crippen LogP contribution in [0.5, 0.6) is 0 Å². The monoisotopic (exact) mass is 445 g/mol. The summed E-state index contributed by atoms with van der Waals surface area (Å²) in [5.74, 6) is 1.79. The normalized spacial score (nSPS) is 37.4. The van der Waals surface area contributed by atoms with E-state index in [2.05, 4.69) is 26.0 Å². The molecule has 0 radical (unpaired) electrons. The molecule has 3 N–H and O–H groups in total. The zero-order chi connectivity index (χ0) is 23.5. The second-order valence-corrected chi connectivity index (χ2v) is 10.9. The van der Waals surface area contributed by atoms with Gasteiger partial charge in [0.25, 0.3) is 0 Å². The van der Waals surface area contributed by atoms with Crippen molar-refractivity contribution in [3.63, 3.8) is 0 Å². The van der Waals surface area contributed by atoms with Gasteiger partial charge in [-0.1, -0.05) is 57.6 Å². The van der Waals surface area contributed by atoms with Crippen LogP contribution in [0.25, 0.3) is 0 Å². The Balaban J connectivity index is 1.72. The third-order valence-corrected chi connectivity index (χ3v) is 8.98. The Kier molecular flexibility index (Phi) is 8.20. The lowest BCUT2D eigenvalue weighted by atomic mass is 9.61. The molecular weight excluding hydrogens is 401 g/mol. The smallest absolute Gasteiger partial charge is 0.144 e. The molecule has 3 aliphatic carbocycles. The standard InChI is InChI=1S/C28H44FNO2/c1-5-28(32,6-2)16-7-9-19(3)23-13-14-24-20(10-8-15-27(23,24)4)11-12-21-17-22(31)18-25(29)26(21)30/h7,11-12,16,19,22-25,30-32H,5-6,8-10,13-15,17-18H2,1-4H3/b16-7+,20-11-,21-12+,30-26?.